The van der Waals surface area contributed by atoms with E-state index in [1.54, 1.807) is 0 Å². The molecular weight excluding hydrogens is 334 g/mol. The summed E-state index contributed by atoms with van der Waals surface area (Å²) in [6.45, 7) is 2.67. The molecule has 0 aliphatic heterocycles. The van der Waals surface area contributed by atoms with Gasteiger partial charge in [-0.15, -0.1) is 0 Å². The third-order valence-electron chi connectivity index (χ3n) is 3.23. The van der Waals surface area contributed by atoms with Crippen LogP contribution in [0, 0.1) is 5.92 Å². The maximum Gasteiger partial charge on any atom is 0.223 e. The first-order valence-electron chi connectivity index (χ1n) is 7.47. The Bertz CT molecular complexity index is 449. The third kappa shape index (κ3) is 7.48. The van der Waals surface area contributed by atoms with E-state index in [1.165, 1.54) is 12.8 Å². The normalized spacial score (nSPS) is 14.0. The SMILES string of the molecule is O=C(CCOc1cccc(Br)c1)NCCCOCC1CC1. The molecule has 0 aromatic heterocycles. The lowest BCUT2D eigenvalue weighted by Crippen LogP contribution is -2.26. The molecule has 0 heterocycles. The van der Waals surface area contributed by atoms with Crippen LogP contribution in [0.5, 0.6) is 5.75 Å². The van der Waals surface area contributed by atoms with Gasteiger partial charge in [0.1, 0.15) is 5.75 Å². The van der Waals surface area contributed by atoms with E-state index in [0.717, 1.165) is 35.8 Å². The summed E-state index contributed by atoms with van der Waals surface area (Å²) in [5, 5.41) is 2.88. The number of hydrogen-bond donors (Lipinski definition) is 1. The maximum atomic E-state index is 11.6. The predicted octanol–water partition coefficient (Wildman–Crippen LogP) is 3.15. The highest BCUT2D eigenvalue weighted by Gasteiger charge is 2.20. The highest BCUT2D eigenvalue weighted by molar-refractivity contribution is 9.10. The Kier molecular flexibility index (Phi) is 7.03. The van der Waals surface area contributed by atoms with Crippen LogP contribution in [0.15, 0.2) is 28.7 Å². The summed E-state index contributed by atoms with van der Waals surface area (Å²) in [5.74, 6) is 1.59. The molecule has 1 saturated carbocycles. The van der Waals surface area contributed by atoms with Gasteiger partial charge in [0.2, 0.25) is 5.91 Å². The number of carbonyl (C=O) groups is 1. The summed E-state index contributed by atoms with van der Waals surface area (Å²) >= 11 is 3.38. The van der Waals surface area contributed by atoms with Crippen LogP contribution in [0.1, 0.15) is 25.7 Å². The van der Waals surface area contributed by atoms with Gasteiger partial charge in [-0.3, -0.25) is 4.79 Å². The number of benzene rings is 1. The van der Waals surface area contributed by atoms with E-state index in [-0.39, 0.29) is 5.91 Å². The molecule has 0 saturated heterocycles. The van der Waals surface area contributed by atoms with Gasteiger partial charge in [-0.1, -0.05) is 22.0 Å². The zero-order valence-electron chi connectivity index (χ0n) is 12.1. The lowest BCUT2D eigenvalue weighted by molar-refractivity contribution is -0.121. The number of nitrogens with one attached hydrogen (secondary N) is 1. The molecule has 1 aliphatic rings. The molecule has 4 nitrogen and oxygen atoms in total. The summed E-state index contributed by atoms with van der Waals surface area (Å²) in [5.41, 5.74) is 0. The first-order valence-corrected chi connectivity index (χ1v) is 8.26. The number of amides is 1. The first-order chi connectivity index (χ1) is 10.2. The van der Waals surface area contributed by atoms with Gasteiger partial charge in [-0.25, -0.2) is 0 Å². The quantitative estimate of drug-likeness (QED) is 0.655. The molecule has 1 fully saturated rings. The number of rotatable bonds is 10. The van der Waals surface area contributed by atoms with E-state index < -0.39 is 0 Å². The van der Waals surface area contributed by atoms with Crippen LogP contribution in [0.2, 0.25) is 0 Å². The monoisotopic (exact) mass is 355 g/mol. The number of ether oxygens (including phenoxy) is 2. The van der Waals surface area contributed by atoms with E-state index >= 15 is 0 Å². The zero-order chi connectivity index (χ0) is 14.9. The van der Waals surface area contributed by atoms with Crippen molar-refractivity contribution < 1.29 is 14.3 Å². The van der Waals surface area contributed by atoms with Crippen molar-refractivity contribution in [1.29, 1.82) is 0 Å². The predicted molar refractivity (Wildman–Crippen MR) is 85.4 cm³/mol. The van der Waals surface area contributed by atoms with Gasteiger partial charge >= 0.3 is 0 Å². The molecule has 116 valence electrons. The summed E-state index contributed by atoms with van der Waals surface area (Å²) in [4.78, 5) is 11.6. The smallest absolute Gasteiger partial charge is 0.223 e. The Hall–Kier alpha value is -1.07. The summed E-state index contributed by atoms with van der Waals surface area (Å²) in [6.07, 6.45) is 3.86. The second-order valence-corrected chi connectivity index (χ2v) is 6.19. The molecule has 0 bridgehead atoms. The minimum atomic E-state index is 0.0205. The number of halogens is 1. The molecule has 0 spiro atoms. The van der Waals surface area contributed by atoms with Gasteiger partial charge in [0, 0.05) is 24.2 Å². The van der Waals surface area contributed by atoms with Crippen LogP contribution in [0.4, 0.5) is 0 Å². The highest BCUT2D eigenvalue weighted by Crippen LogP contribution is 2.28. The van der Waals surface area contributed by atoms with Gasteiger partial charge in [0.05, 0.1) is 13.0 Å². The van der Waals surface area contributed by atoms with Crippen molar-refractivity contribution in [1.82, 2.24) is 5.32 Å². The maximum absolute atomic E-state index is 11.6. The van der Waals surface area contributed by atoms with Crippen LogP contribution in [-0.4, -0.2) is 32.3 Å². The first kappa shape index (κ1) is 16.3. The molecule has 1 aromatic carbocycles. The van der Waals surface area contributed by atoms with Crippen molar-refractivity contribution in [2.45, 2.75) is 25.7 Å². The van der Waals surface area contributed by atoms with Gasteiger partial charge in [0.25, 0.3) is 0 Å². The highest BCUT2D eigenvalue weighted by atomic mass is 79.9. The fraction of sp³-hybridized carbons (Fsp3) is 0.562. The number of carbonyl (C=O) groups excluding carboxylic acids is 1. The molecule has 1 N–H and O–H groups in total. The Morgan fingerprint density at radius 1 is 1.33 bits per heavy atom. The molecule has 2 rings (SSSR count). The average molecular weight is 356 g/mol. The molecule has 1 amide bonds. The topological polar surface area (TPSA) is 47.6 Å². The molecule has 1 aliphatic carbocycles. The third-order valence-corrected chi connectivity index (χ3v) is 3.73. The lowest BCUT2D eigenvalue weighted by atomic mass is 10.3. The van der Waals surface area contributed by atoms with Gasteiger partial charge in [-0.05, 0) is 43.4 Å². The van der Waals surface area contributed by atoms with Crippen molar-refractivity contribution in [3.8, 4) is 5.75 Å². The van der Waals surface area contributed by atoms with Crippen LogP contribution in [0.25, 0.3) is 0 Å². The zero-order valence-corrected chi connectivity index (χ0v) is 13.7. The molecule has 5 heteroatoms. The van der Waals surface area contributed by atoms with E-state index in [9.17, 15) is 4.79 Å². The molecule has 21 heavy (non-hydrogen) atoms. The van der Waals surface area contributed by atoms with E-state index in [0.29, 0.717) is 19.6 Å². The van der Waals surface area contributed by atoms with Gasteiger partial charge < -0.3 is 14.8 Å². The molecule has 0 unspecified atom stereocenters. The molecule has 0 atom stereocenters. The molecule has 0 radical (unpaired) electrons. The standard InChI is InChI=1S/C16H22BrNO3/c17-14-3-1-4-15(11-14)21-10-7-16(19)18-8-2-9-20-12-13-5-6-13/h1,3-4,11,13H,2,5-10,12H2,(H,18,19). The van der Waals surface area contributed by atoms with E-state index in [2.05, 4.69) is 21.2 Å². The summed E-state index contributed by atoms with van der Waals surface area (Å²) < 4.78 is 12.0. The van der Waals surface area contributed by atoms with Crippen molar-refractivity contribution >= 4 is 21.8 Å². The van der Waals surface area contributed by atoms with Crippen LogP contribution < -0.4 is 10.1 Å². The molecular formula is C16H22BrNO3. The number of hydrogen-bond acceptors (Lipinski definition) is 3. The minimum absolute atomic E-state index is 0.0205. The summed E-state index contributed by atoms with van der Waals surface area (Å²) in [7, 11) is 0. The minimum Gasteiger partial charge on any atom is -0.493 e. The second kappa shape index (κ2) is 9.05. The van der Waals surface area contributed by atoms with Crippen molar-refractivity contribution in [2.24, 2.45) is 5.92 Å². The fourth-order valence-electron chi connectivity index (χ4n) is 1.84. The average Bonchev–Trinajstić information content (AvgIpc) is 3.27. The van der Waals surface area contributed by atoms with Gasteiger partial charge in [-0.2, -0.15) is 0 Å². The van der Waals surface area contributed by atoms with E-state index in [1.807, 2.05) is 24.3 Å². The fourth-order valence-corrected chi connectivity index (χ4v) is 2.22. The van der Waals surface area contributed by atoms with Gasteiger partial charge in [0.15, 0.2) is 0 Å². The van der Waals surface area contributed by atoms with Crippen LogP contribution in [-0.2, 0) is 9.53 Å². The van der Waals surface area contributed by atoms with Crippen molar-refractivity contribution in [3.63, 3.8) is 0 Å². The molecule has 1 aromatic rings. The Morgan fingerprint density at radius 3 is 2.95 bits per heavy atom. The van der Waals surface area contributed by atoms with E-state index in [4.69, 9.17) is 9.47 Å². The van der Waals surface area contributed by atoms with Crippen LogP contribution >= 0.6 is 15.9 Å². The Balaban J connectivity index is 1.45. The Labute approximate surface area is 134 Å². The lowest BCUT2D eigenvalue weighted by Gasteiger charge is -2.08. The van der Waals surface area contributed by atoms with Crippen molar-refractivity contribution in [3.05, 3.63) is 28.7 Å². The Morgan fingerprint density at radius 2 is 2.19 bits per heavy atom. The van der Waals surface area contributed by atoms with Crippen molar-refractivity contribution in [2.75, 3.05) is 26.4 Å². The summed E-state index contributed by atoms with van der Waals surface area (Å²) in [6, 6.07) is 7.60. The second-order valence-electron chi connectivity index (χ2n) is 5.28. The van der Waals surface area contributed by atoms with Crippen LogP contribution in [0.3, 0.4) is 0 Å². The largest absolute Gasteiger partial charge is 0.493 e.